The van der Waals surface area contributed by atoms with Crippen LogP contribution >= 0.6 is 0 Å². The van der Waals surface area contributed by atoms with E-state index in [1.807, 2.05) is 12.1 Å². The van der Waals surface area contributed by atoms with Gasteiger partial charge < -0.3 is 4.74 Å². The molecule has 19 heavy (non-hydrogen) atoms. The van der Waals surface area contributed by atoms with Crippen LogP contribution in [0.25, 0.3) is 0 Å². The molecule has 0 aromatic heterocycles. The van der Waals surface area contributed by atoms with Crippen LogP contribution in [-0.2, 0) is 12.1 Å². The van der Waals surface area contributed by atoms with Crippen LogP contribution in [0.2, 0.25) is 0 Å². The average molecular weight is 253 g/mol. The molecule has 1 unspecified atom stereocenters. The molecule has 0 spiro atoms. The van der Waals surface area contributed by atoms with Crippen molar-refractivity contribution in [3.63, 3.8) is 0 Å². The van der Waals surface area contributed by atoms with Gasteiger partial charge in [-0.15, -0.1) is 0 Å². The Bertz CT molecular complexity index is 564. The Kier molecular flexibility index (Phi) is 3.03. The molecule has 0 saturated heterocycles. The van der Waals surface area contributed by atoms with Crippen molar-refractivity contribution in [2.45, 2.75) is 18.6 Å². The number of hydrogen-bond donors (Lipinski definition) is 0. The van der Waals surface area contributed by atoms with Crippen molar-refractivity contribution in [3.05, 3.63) is 65.7 Å². The lowest BCUT2D eigenvalue weighted by Gasteiger charge is -2.43. The molecule has 0 N–H and O–H groups in total. The van der Waals surface area contributed by atoms with Crippen LogP contribution in [0.1, 0.15) is 17.5 Å². The summed E-state index contributed by atoms with van der Waals surface area (Å²) in [5.74, 6) is 1.01. The lowest BCUT2D eigenvalue weighted by Crippen LogP contribution is -2.48. The SMILES string of the molecule is CN(C)C1(c2ccccc2)CCc2ccccc2O1. The molecule has 2 nitrogen and oxygen atoms in total. The fraction of sp³-hybridized carbons (Fsp3) is 0.294. The molecule has 0 saturated carbocycles. The Balaban J connectivity index is 2.06. The van der Waals surface area contributed by atoms with E-state index in [4.69, 9.17) is 4.74 Å². The topological polar surface area (TPSA) is 12.5 Å². The van der Waals surface area contributed by atoms with E-state index < -0.39 is 0 Å². The fourth-order valence-corrected chi connectivity index (χ4v) is 2.82. The molecule has 0 aliphatic carbocycles. The summed E-state index contributed by atoms with van der Waals surface area (Å²) in [6.45, 7) is 0. The second-order valence-electron chi connectivity index (χ2n) is 5.25. The smallest absolute Gasteiger partial charge is 0.189 e. The largest absolute Gasteiger partial charge is 0.468 e. The van der Waals surface area contributed by atoms with Gasteiger partial charge in [0.1, 0.15) is 5.75 Å². The molecule has 1 aliphatic rings. The van der Waals surface area contributed by atoms with E-state index in [1.165, 1.54) is 11.1 Å². The van der Waals surface area contributed by atoms with Crippen molar-refractivity contribution < 1.29 is 4.74 Å². The lowest BCUT2D eigenvalue weighted by atomic mass is 9.91. The van der Waals surface area contributed by atoms with E-state index in [9.17, 15) is 0 Å². The van der Waals surface area contributed by atoms with Gasteiger partial charge in [-0.2, -0.15) is 0 Å². The summed E-state index contributed by atoms with van der Waals surface area (Å²) in [6, 6.07) is 18.8. The van der Waals surface area contributed by atoms with E-state index in [-0.39, 0.29) is 5.72 Å². The Morgan fingerprint density at radius 1 is 0.947 bits per heavy atom. The number of para-hydroxylation sites is 1. The van der Waals surface area contributed by atoms with Gasteiger partial charge in [-0.3, -0.25) is 4.90 Å². The van der Waals surface area contributed by atoms with Crippen LogP contribution in [0, 0.1) is 0 Å². The third-order valence-electron chi connectivity index (χ3n) is 3.93. The molecule has 1 aliphatic heterocycles. The third kappa shape index (κ3) is 2.02. The standard InChI is InChI=1S/C17H19NO/c1-18(2)17(15-9-4-3-5-10-15)13-12-14-8-6-7-11-16(14)19-17/h3-11H,12-13H2,1-2H3. The van der Waals surface area contributed by atoms with E-state index >= 15 is 0 Å². The van der Waals surface area contributed by atoms with E-state index in [2.05, 4.69) is 61.5 Å². The maximum absolute atomic E-state index is 6.39. The van der Waals surface area contributed by atoms with Gasteiger partial charge in [0, 0.05) is 12.0 Å². The summed E-state index contributed by atoms with van der Waals surface area (Å²) < 4.78 is 6.39. The number of nitrogens with zero attached hydrogens (tertiary/aromatic N) is 1. The molecule has 0 fully saturated rings. The van der Waals surface area contributed by atoms with Crippen LogP contribution in [0.5, 0.6) is 5.75 Å². The molecule has 1 heterocycles. The molecule has 3 rings (SSSR count). The Morgan fingerprint density at radius 2 is 1.63 bits per heavy atom. The molecule has 2 aromatic rings. The van der Waals surface area contributed by atoms with E-state index in [0.717, 1.165) is 18.6 Å². The molecule has 0 bridgehead atoms. The van der Waals surface area contributed by atoms with Gasteiger partial charge in [-0.05, 0) is 32.1 Å². The number of ether oxygens (including phenoxy) is 1. The van der Waals surface area contributed by atoms with Gasteiger partial charge in [-0.25, -0.2) is 0 Å². The van der Waals surface area contributed by atoms with Crippen molar-refractivity contribution in [1.82, 2.24) is 4.90 Å². The van der Waals surface area contributed by atoms with E-state index in [0.29, 0.717) is 0 Å². The van der Waals surface area contributed by atoms with Gasteiger partial charge in [0.05, 0.1) is 0 Å². The average Bonchev–Trinajstić information content (AvgIpc) is 2.47. The molecule has 0 amide bonds. The molecule has 98 valence electrons. The Labute approximate surface area is 114 Å². The first kappa shape index (κ1) is 12.2. The number of aryl methyl sites for hydroxylation is 1. The third-order valence-corrected chi connectivity index (χ3v) is 3.93. The monoisotopic (exact) mass is 253 g/mol. The molecule has 2 aromatic carbocycles. The van der Waals surface area contributed by atoms with Crippen molar-refractivity contribution in [3.8, 4) is 5.75 Å². The molecule has 1 atom stereocenters. The molecule has 2 heteroatoms. The summed E-state index contributed by atoms with van der Waals surface area (Å²) in [5.41, 5.74) is 2.17. The van der Waals surface area contributed by atoms with Crippen LogP contribution in [0.4, 0.5) is 0 Å². The highest BCUT2D eigenvalue weighted by atomic mass is 16.5. The first-order valence-corrected chi connectivity index (χ1v) is 6.72. The summed E-state index contributed by atoms with van der Waals surface area (Å²) in [6.07, 6.45) is 2.02. The zero-order valence-electron chi connectivity index (χ0n) is 11.5. The van der Waals surface area contributed by atoms with Crippen LogP contribution in [0.15, 0.2) is 54.6 Å². The molecular formula is C17H19NO. The van der Waals surface area contributed by atoms with Crippen LogP contribution in [0.3, 0.4) is 0 Å². The number of rotatable bonds is 2. The first-order chi connectivity index (χ1) is 9.22. The predicted molar refractivity (Wildman–Crippen MR) is 77.2 cm³/mol. The quantitative estimate of drug-likeness (QED) is 0.813. The maximum atomic E-state index is 6.39. The summed E-state index contributed by atoms with van der Waals surface area (Å²) in [7, 11) is 4.17. The zero-order valence-corrected chi connectivity index (χ0v) is 11.5. The van der Waals surface area contributed by atoms with Crippen molar-refractivity contribution in [2.24, 2.45) is 0 Å². The summed E-state index contributed by atoms with van der Waals surface area (Å²) in [5, 5.41) is 0. The minimum atomic E-state index is -0.352. The normalized spacial score (nSPS) is 21.8. The second kappa shape index (κ2) is 4.71. The number of fused-ring (bicyclic) bond motifs is 1. The van der Waals surface area contributed by atoms with Gasteiger partial charge in [-0.1, -0.05) is 48.5 Å². The van der Waals surface area contributed by atoms with Gasteiger partial charge in [0.15, 0.2) is 5.72 Å². The highest BCUT2D eigenvalue weighted by Gasteiger charge is 2.40. The second-order valence-corrected chi connectivity index (χ2v) is 5.25. The Morgan fingerprint density at radius 3 is 2.37 bits per heavy atom. The van der Waals surface area contributed by atoms with E-state index in [1.54, 1.807) is 0 Å². The van der Waals surface area contributed by atoms with Gasteiger partial charge in [0.25, 0.3) is 0 Å². The lowest BCUT2D eigenvalue weighted by molar-refractivity contribution is -0.0801. The predicted octanol–water partition coefficient (Wildman–Crippen LogP) is 3.43. The van der Waals surface area contributed by atoms with Crippen LogP contribution in [-0.4, -0.2) is 19.0 Å². The first-order valence-electron chi connectivity index (χ1n) is 6.72. The maximum Gasteiger partial charge on any atom is 0.189 e. The number of hydrogen-bond acceptors (Lipinski definition) is 2. The van der Waals surface area contributed by atoms with Crippen LogP contribution < -0.4 is 4.74 Å². The minimum Gasteiger partial charge on any atom is -0.468 e. The summed E-state index contributed by atoms with van der Waals surface area (Å²) in [4.78, 5) is 2.18. The molecular weight excluding hydrogens is 234 g/mol. The number of benzene rings is 2. The Hall–Kier alpha value is -1.80. The highest BCUT2D eigenvalue weighted by molar-refractivity contribution is 5.38. The zero-order chi connectivity index (χ0) is 13.3. The van der Waals surface area contributed by atoms with Crippen molar-refractivity contribution in [2.75, 3.05) is 14.1 Å². The van der Waals surface area contributed by atoms with Crippen molar-refractivity contribution in [1.29, 1.82) is 0 Å². The van der Waals surface area contributed by atoms with Gasteiger partial charge in [0.2, 0.25) is 0 Å². The highest BCUT2D eigenvalue weighted by Crippen LogP contribution is 2.40. The minimum absolute atomic E-state index is 0.352. The molecule has 0 radical (unpaired) electrons. The van der Waals surface area contributed by atoms with Gasteiger partial charge >= 0.3 is 0 Å². The van der Waals surface area contributed by atoms with Crippen molar-refractivity contribution >= 4 is 0 Å². The fourth-order valence-electron chi connectivity index (χ4n) is 2.82. The summed E-state index contributed by atoms with van der Waals surface area (Å²) >= 11 is 0.